The van der Waals surface area contributed by atoms with Crippen molar-refractivity contribution in [3.8, 4) is 0 Å². The zero-order valence-corrected chi connectivity index (χ0v) is 11.8. The first-order valence-corrected chi connectivity index (χ1v) is 6.73. The molecule has 0 aliphatic rings. The smallest absolute Gasteiger partial charge is 0.223 e. The van der Waals surface area contributed by atoms with Crippen LogP contribution in [0, 0.1) is 0 Å². The molecule has 1 aromatic carbocycles. The molecule has 0 aromatic heterocycles. The Hall–Kier alpha value is -1.06. The van der Waals surface area contributed by atoms with Crippen LogP contribution in [0.4, 0.5) is 0 Å². The number of halogens is 1. The summed E-state index contributed by atoms with van der Waals surface area (Å²) in [6.07, 6.45) is 0.458. The van der Waals surface area contributed by atoms with Gasteiger partial charge in [0.05, 0.1) is 0 Å². The van der Waals surface area contributed by atoms with E-state index in [2.05, 4.69) is 0 Å². The van der Waals surface area contributed by atoms with Crippen LogP contribution in [0.1, 0.15) is 31.7 Å². The van der Waals surface area contributed by atoms with E-state index in [-0.39, 0.29) is 11.8 Å². The highest BCUT2D eigenvalue weighted by molar-refractivity contribution is 6.30. The van der Waals surface area contributed by atoms with Gasteiger partial charge in [0.25, 0.3) is 0 Å². The third kappa shape index (κ3) is 4.00. The van der Waals surface area contributed by atoms with Gasteiger partial charge in [-0.25, -0.2) is 0 Å². The maximum atomic E-state index is 12.1. The Labute approximate surface area is 114 Å². The fraction of sp³-hybridized carbons (Fsp3) is 0.500. The fourth-order valence-electron chi connectivity index (χ4n) is 1.99. The maximum Gasteiger partial charge on any atom is 0.223 e. The van der Waals surface area contributed by atoms with Gasteiger partial charge in [-0.1, -0.05) is 23.7 Å². The highest BCUT2D eigenvalue weighted by Crippen LogP contribution is 2.21. The molecule has 0 heterocycles. The predicted molar refractivity (Wildman–Crippen MR) is 75.8 cm³/mol. The standard InChI is InChI=1S/C14H21ClN2O/c1-3-17(4-2)14(18)9-12(10-16)11-5-7-13(15)8-6-11/h5-8,12H,3-4,9-10,16H2,1-2H3. The average molecular weight is 269 g/mol. The summed E-state index contributed by atoms with van der Waals surface area (Å²) in [5.41, 5.74) is 6.84. The van der Waals surface area contributed by atoms with Crippen LogP contribution in [0.15, 0.2) is 24.3 Å². The largest absolute Gasteiger partial charge is 0.343 e. The Bertz CT molecular complexity index is 374. The van der Waals surface area contributed by atoms with Crippen LogP contribution in [-0.2, 0) is 4.79 Å². The molecule has 1 amide bonds. The molecule has 4 heteroatoms. The van der Waals surface area contributed by atoms with E-state index in [4.69, 9.17) is 17.3 Å². The number of rotatable bonds is 6. The van der Waals surface area contributed by atoms with Gasteiger partial charge in [0.15, 0.2) is 0 Å². The minimum absolute atomic E-state index is 0.0652. The average Bonchev–Trinajstić information content (AvgIpc) is 2.38. The molecule has 0 saturated carbocycles. The van der Waals surface area contributed by atoms with Crippen molar-refractivity contribution in [2.75, 3.05) is 19.6 Å². The molecule has 0 aliphatic carbocycles. The van der Waals surface area contributed by atoms with E-state index in [1.54, 1.807) is 0 Å². The summed E-state index contributed by atoms with van der Waals surface area (Å²) < 4.78 is 0. The molecule has 0 bridgehead atoms. The lowest BCUT2D eigenvalue weighted by Crippen LogP contribution is -2.32. The number of hydrogen-bond donors (Lipinski definition) is 1. The van der Waals surface area contributed by atoms with E-state index < -0.39 is 0 Å². The fourth-order valence-corrected chi connectivity index (χ4v) is 2.11. The molecule has 1 atom stereocenters. The SMILES string of the molecule is CCN(CC)C(=O)CC(CN)c1ccc(Cl)cc1. The summed E-state index contributed by atoms with van der Waals surface area (Å²) in [4.78, 5) is 13.9. The molecule has 3 nitrogen and oxygen atoms in total. The first-order chi connectivity index (χ1) is 8.62. The van der Waals surface area contributed by atoms with E-state index in [0.29, 0.717) is 18.0 Å². The number of carbonyl (C=O) groups excluding carboxylic acids is 1. The third-order valence-corrected chi connectivity index (χ3v) is 3.42. The van der Waals surface area contributed by atoms with Crippen LogP contribution in [-0.4, -0.2) is 30.4 Å². The van der Waals surface area contributed by atoms with E-state index in [0.717, 1.165) is 18.7 Å². The molecule has 0 radical (unpaired) electrons. The minimum atomic E-state index is 0.0652. The lowest BCUT2D eigenvalue weighted by Gasteiger charge is -2.22. The summed E-state index contributed by atoms with van der Waals surface area (Å²) in [6, 6.07) is 7.55. The summed E-state index contributed by atoms with van der Waals surface area (Å²) in [5, 5.41) is 0.699. The molecule has 1 aromatic rings. The van der Waals surface area contributed by atoms with Crippen LogP contribution in [0.5, 0.6) is 0 Å². The molecule has 18 heavy (non-hydrogen) atoms. The molecule has 1 rings (SSSR count). The van der Waals surface area contributed by atoms with E-state index in [1.165, 1.54) is 0 Å². The Kier molecular flexibility index (Phi) is 6.16. The van der Waals surface area contributed by atoms with E-state index in [9.17, 15) is 4.79 Å². The molecule has 0 aliphatic heterocycles. The third-order valence-electron chi connectivity index (χ3n) is 3.16. The molecule has 1 unspecified atom stereocenters. The molecule has 0 spiro atoms. The second kappa shape index (κ2) is 7.39. The van der Waals surface area contributed by atoms with Crippen LogP contribution in [0.25, 0.3) is 0 Å². The first-order valence-electron chi connectivity index (χ1n) is 6.35. The van der Waals surface area contributed by atoms with Crippen molar-refractivity contribution < 1.29 is 4.79 Å². The van der Waals surface area contributed by atoms with Gasteiger partial charge >= 0.3 is 0 Å². The summed E-state index contributed by atoms with van der Waals surface area (Å²) in [5.74, 6) is 0.223. The number of hydrogen-bond acceptors (Lipinski definition) is 2. The van der Waals surface area contributed by atoms with Crippen LogP contribution in [0.2, 0.25) is 5.02 Å². The predicted octanol–water partition coefficient (Wildman–Crippen LogP) is 2.64. The Balaban J connectivity index is 2.73. The van der Waals surface area contributed by atoms with Crippen LogP contribution in [0.3, 0.4) is 0 Å². The van der Waals surface area contributed by atoms with Crippen molar-refractivity contribution in [2.24, 2.45) is 5.73 Å². The Morgan fingerprint density at radius 2 is 1.83 bits per heavy atom. The van der Waals surface area contributed by atoms with Crippen molar-refractivity contribution in [1.29, 1.82) is 0 Å². The Morgan fingerprint density at radius 3 is 2.28 bits per heavy atom. The number of nitrogens with zero attached hydrogens (tertiary/aromatic N) is 1. The maximum absolute atomic E-state index is 12.1. The van der Waals surface area contributed by atoms with Gasteiger partial charge in [0, 0.05) is 30.5 Å². The highest BCUT2D eigenvalue weighted by atomic mass is 35.5. The van der Waals surface area contributed by atoms with Crippen molar-refractivity contribution >= 4 is 17.5 Å². The van der Waals surface area contributed by atoms with Gasteiger partial charge in [-0.3, -0.25) is 4.79 Å². The zero-order chi connectivity index (χ0) is 13.5. The van der Waals surface area contributed by atoms with Gasteiger partial charge in [-0.05, 0) is 38.1 Å². The summed E-state index contributed by atoms with van der Waals surface area (Å²) in [7, 11) is 0. The van der Waals surface area contributed by atoms with Crippen LogP contribution >= 0.6 is 11.6 Å². The Morgan fingerprint density at radius 1 is 1.28 bits per heavy atom. The quantitative estimate of drug-likeness (QED) is 0.862. The van der Waals surface area contributed by atoms with E-state index >= 15 is 0 Å². The normalized spacial score (nSPS) is 12.2. The number of amides is 1. The van der Waals surface area contributed by atoms with Crippen molar-refractivity contribution in [2.45, 2.75) is 26.2 Å². The number of benzene rings is 1. The highest BCUT2D eigenvalue weighted by Gasteiger charge is 2.17. The molecule has 0 fully saturated rings. The lowest BCUT2D eigenvalue weighted by molar-refractivity contribution is -0.131. The minimum Gasteiger partial charge on any atom is -0.343 e. The van der Waals surface area contributed by atoms with Crippen molar-refractivity contribution in [1.82, 2.24) is 4.90 Å². The molecular formula is C14H21ClN2O. The van der Waals surface area contributed by atoms with Gasteiger partial charge in [0.2, 0.25) is 5.91 Å². The van der Waals surface area contributed by atoms with Gasteiger partial charge in [-0.2, -0.15) is 0 Å². The number of nitrogens with two attached hydrogens (primary N) is 1. The monoisotopic (exact) mass is 268 g/mol. The van der Waals surface area contributed by atoms with Gasteiger partial charge in [-0.15, -0.1) is 0 Å². The van der Waals surface area contributed by atoms with Crippen LogP contribution < -0.4 is 5.73 Å². The second-order valence-corrected chi connectivity index (χ2v) is 4.69. The first kappa shape index (κ1) is 15.0. The lowest BCUT2D eigenvalue weighted by atomic mass is 9.95. The van der Waals surface area contributed by atoms with Crippen molar-refractivity contribution in [3.05, 3.63) is 34.9 Å². The van der Waals surface area contributed by atoms with Crippen molar-refractivity contribution in [3.63, 3.8) is 0 Å². The number of carbonyl (C=O) groups is 1. The summed E-state index contributed by atoms with van der Waals surface area (Å²) in [6.45, 7) is 5.93. The molecule has 0 saturated heterocycles. The zero-order valence-electron chi connectivity index (χ0n) is 11.0. The topological polar surface area (TPSA) is 46.3 Å². The molecular weight excluding hydrogens is 248 g/mol. The molecule has 2 N–H and O–H groups in total. The van der Waals surface area contributed by atoms with E-state index in [1.807, 2.05) is 43.0 Å². The summed E-state index contributed by atoms with van der Waals surface area (Å²) >= 11 is 5.85. The van der Waals surface area contributed by atoms with Gasteiger partial charge in [0.1, 0.15) is 0 Å². The second-order valence-electron chi connectivity index (χ2n) is 4.25. The van der Waals surface area contributed by atoms with Gasteiger partial charge < -0.3 is 10.6 Å². The molecule has 100 valence electrons.